The smallest absolute Gasteiger partial charge is 0.340 e. The van der Waals surface area contributed by atoms with E-state index in [1.54, 1.807) is 24.3 Å². The molecule has 3 nitrogen and oxygen atoms in total. The van der Waals surface area contributed by atoms with Gasteiger partial charge in [0.1, 0.15) is 0 Å². The molecule has 0 saturated carbocycles. The Morgan fingerprint density at radius 1 is 1.31 bits per heavy atom. The van der Waals surface area contributed by atoms with Crippen molar-refractivity contribution in [2.24, 2.45) is 0 Å². The number of hydrogen-bond donors (Lipinski definition) is 0. The van der Waals surface area contributed by atoms with Crippen molar-refractivity contribution in [1.82, 2.24) is 0 Å². The first-order valence-corrected chi connectivity index (χ1v) is 3.55. The molecule has 0 N–H and O–H groups in total. The molecule has 0 unspecified atom stereocenters. The maximum Gasteiger partial charge on any atom is 0.340 e. The number of carbonyl (C=O) groups is 1. The van der Waals surface area contributed by atoms with Gasteiger partial charge in [0.15, 0.2) is 6.79 Å². The fourth-order valence-corrected chi connectivity index (χ4v) is 0.770. The first-order chi connectivity index (χ1) is 5.84. The summed E-state index contributed by atoms with van der Waals surface area (Å²) in [6.45, 7) is -0.00622. The normalized spacial score (nSPS) is 8.69. The Kier molecular flexibility index (Phi) is 5.55. The second kappa shape index (κ2) is 6.20. The maximum atomic E-state index is 11.1. The molecule has 0 atom stereocenters. The molecule has 0 aromatic heterocycles. The van der Waals surface area contributed by atoms with Crippen LogP contribution in [0, 0.1) is 0 Å². The van der Waals surface area contributed by atoms with Crippen LogP contribution in [0.25, 0.3) is 0 Å². The first kappa shape index (κ1) is 11.6. The van der Waals surface area contributed by atoms with Gasteiger partial charge in [0.25, 0.3) is 0 Å². The summed E-state index contributed by atoms with van der Waals surface area (Å²) in [6.07, 6.45) is 0. The molecule has 13 heavy (non-hydrogen) atoms. The number of esters is 1. The second-order valence-corrected chi connectivity index (χ2v) is 2.20. The summed E-state index contributed by atoms with van der Waals surface area (Å²) in [7, 11) is 1.47. The van der Waals surface area contributed by atoms with Gasteiger partial charge >= 0.3 is 5.97 Å². The highest BCUT2D eigenvalue weighted by molar-refractivity contribution is 5.89. The Labute approximate surface area is 78.3 Å². The summed E-state index contributed by atoms with van der Waals surface area (Å²) in [6, 6.07) is 8.79. The molecule has 0 saturated heterocycles. The van der Waals surface area contributed by atoms with Gasteiger partial charge in [-0.2, -0.15) is 0 Å². The van der Waals surface area contributed by atoms with Gasteiger partial charge in [0.2, 0.25) is 0 Å². The van der Waals surface area contributed by atoms with Crippen molar-refractivity contribution in [3.8, 4) is 0 Å². The van der Waals surface area contributed by atoms with E-state index in [1.165, 1.54) is 7.11 Å². The highest BCUT2D eigenvalue weighted by Gasteiger charge is 2.03. The van der Waals surface area contributed by atoms with Crippen LogP contribution in [0.1, 0.15) is 17.8 Å². The van der Waals surface area contributed by atoms with Crippen LogP contribution in [0.15, 0.2) is 30.3 Å². The van der Waals surface area contributed by atoms with Gasteiger partial charge in [-0.3, -0.25) is 0 Å². The lowest BCUT2D eigenvalue weighted by atomic mass is 10.2. The van der Waals surface area contributed by atoms with E-state index in [0.29, 0.717) is 5.56 Å². The molecule has 1 aromatic rings. The van der Waals surface area contributed by atoms with Crippen LogP contribution in [0.4, 0.5) is 0 Å². The molecule has 3 heteroatoms. The Bertz CT molecular complexity index is 244. The summed E-state index contributed by atoms with van der Waals surface area (Å²) in [5, 5.41) is 0. The standard InChI is InChI=1S/C9H10O3.CH4/c1-11-7-12-9(10)8-5-3-2-4-6-8;/h2-6H,7H2,1H3;1H4. The summed E-state index contributed by atoms with van der Waals surface area (Å²) < 4.78 is 9.31. The number of rotatable bonds is 3. The van der Waals surface area contributed by atoms with Crippen molar-refractivity contribution in [3.63, 3.8) is 0 Å². The molecule has 0 radical (unpaired) electrons. The molecule has 0 amide bonds. The van der Waals surface area contributed by atoms with E-state index in [9.17, 15) is 4.79 Å². The molecule has 1 rings (SSSR count). The molecule has 0 fully saturated rings. The van der Waals surface area contributed by atoms with Crippen LogP contribution in [0.5, 0.6) is 0 Å². The van der Waals surface area contributed by atoms with Crippen molar-refractivity contribution in [2.45, 2.75) is 7.43 Å². The number of benzene rings is 1. The van der Waals surface area contributed by atoms with E-state index in [1.807, 2.05) is 6.07 Å². The van der Waals surface area contributed by atoms with Gasteiger partial charge < -0.3 is 9.47 Å². The second-order valence-electron chi connectivity index (χ2n) is 2.20. The van der Waals surface area contributed by atoms with Gasteiger partial charge in [-0.25, -0.2) is 4.79 Å². The average Bonchev–Trinajstić information content (AvgIpc) is 2.15. The molecule has 72 valence electrons. The van der Waals surface area contributed by atoms with E-state index in [2.05, 4.69) is 4.74 Å². The summed E-state index contributed by atoms with van der Waals surface area (Å²) in [4.78, 5) is 11.1. The highest BCUT2D eigenvalue weighted by atomic mass is 16.7. The van der Waals surface area contributed by atoms with Crippen molar-refractivity contribution in [1.29, 1.82) is 0 Å². The van der Waals surface area contributed by atoms with Gasteiger partial charge in [0.05, 0.1) is 5.56 Å². The largest absolute Gasteiger partial charge is 0.435 e. The maximum absolute atomic E-state index is 11.1. The number of methoxy groups -OCH3 is 1. The van der Waals surface area contributed by atoms with E-state index >= 15 is 0 Å². The lowest BCUT2D eigenvalue weighted by Crippen LogP contribution is -2.06. The molecular formula is C10H14O3. The van der Waals surface area contributed by atoms with Gasteiger partial charge in [-0.15, -0.1) is 0 Å². The van der Waals surface area contributed by atoms with Crippen LogP contribution < -0.4 is 0 Å². The minimum atomic E-state index is -0.363. The van der Waals surface area contributed by atoms with E-state index in [0.717, 1.165) is 0 Å². The third-order valence-electron chi connectivity index (χ3n) is 1.32. The van der Waals surface area contributed by atoms with Crippen molar-refractivity contribution >= 4 is 5.97 Å². The minimum Gasteiger partial charge on any atom is -0.435 e. The zero-order valence-electron chi connectivity index (χ0n) is 6.82. The molecular weight excluding hydrogens is 168 g/mol. The van der Waals surface area contributed by atoms with Gasteiger partial charge in [-0.1, -0.05) is 25.6 Å². The molecule has 0 aliphatic heterocycles. The van der Waals surface area contributed by atoms with E-state index in [-0.39, 0.29) is 20.2 Å². The minimum absolute atomic E-state index is 0. The zero-order chi connectivity index (χ0) is 8.81. The predicted molar refractivity (Wildman–Crippen MR) is 50.5 cm³/mol. The molecule has 0 heterocycles. The molecule has 0 bridgehead atoms. The van der Waals surface area contributed by atoms with E-state index < -0.39 is 0 Å². The number of hydrogen-bond acceptors (Lipinski definition) is 3. The molecule has 0 spiro atoms. The Morgan fingerprint density at radius 3 is 2.46 bits per heavy atom. The Balaban J connectivity index is 0.00000144. The lowest BCUT2D eigenvalue weighted by molar-refractivity contribution is -0.0125. The van der Waals surface area contributed by atoms with Crippen molar-refractivity contribution in [2.75, 3.05) is 13.9 Å². The van der Waals surface area contributed by atoms with Crippen LogP contribution >= 0.6 is 0 Å². The summed E-state index contributed by atoms with van der Waals surface area (Å²) >= 11 is 0. The lowest BCUT2D eigenvalue weighted by Gasteiger charge is -2.01. The van der Waals surface area contributed by atoms with Crippen molar-refractivity contribution < 1.29 is 14.3 Å². The fourth-order valence-electron chi connectivity index (χ4n) is 0.770. The fraction of sp³-hybridized carbons (Fsp3) is 0.300. The van der Waals surface area contributed by atoms with Crippen molar-refractivity contribution in [3.05, 3.63) is 35.9 Å². The van der Waals surface area contributed by atoms with Gasteiger partial charge in [0, 0.05) is 7.11 Å². The van der Waals surface area contributed by atoms with Crippen LogP contribution in [-0.4, -0.2) is 19.9 Å². The van der Waals surface area contributed by atoms with Crippen LogP contribution in [0.3, 0.4) is 0 Å². The SMILES string of the molecule is C.COCOC(=O)c1ccccc1. The Hall–Kier alpha value is -1.35. The Morgan fingerprint density at radius 2 is 1.92 bits per heavy atom. The first-order valence-electron chi connectivity index (χ1n) is 3.55. The molecule has 1 aromatic carbocycles. The zero-order valence-corrected chi connectivity index (χ0v) is 6.82. The monoisotopic (exact) mass is 182 g/mol. The number of carbonyl (C=O) groups excluding carboxylic acids is 1. The summed E-state index contributed by atoms with van der Waals surface area (Å²) in [5.41, 5.74) is 0.537. The molecule has 0 aliphatic rings. The average molecular weight is 182 g/mol. The third kappa shape index (κ3) is 3.71. The van der Waals surface area contributed by atoms with Crippen LogP contribution in [0.2, 0.25) is 0 Å². The third-order valence-corrected chi connectivity index (χ3v) is 1.32. The number of ether oxygens (including phenoxy) is 2. The highest BCUT2D eigenvalue weighted by Crippen LogP contribution is 2.00. The summed E-state index contributed by atoms with van der Waals surface area (Å²) in [5.74, 6) is -0.363. The quantitative estimate of drug-likeness (QED) is 0.530. The van der Waals surface area contributed by atoms with Gasteiger partial charge in [-0.05, 0) is 12.1 Å². The van der Waals surface area contributed by atoms with E-state index in [4.69, 9.17) is 4.74 Å². The topological polar surface area (TPSA) is 35.5 Å². The predicted octanol–water partition coefficient (Wildman–Crippen LogP) is 2.08. The molecule has 0 aliphatic carbocycles. The van der Waals surface area contributed by atoms with Crippen LogP contribution in [-0.2, 0) is 9.47 Å².